The van der Waals surface area contributed by atoms with Crippen LogP contribution in [0.4, 0.5) is 0 Å². The predicted octanol–water partition coefficient (Wildman–Crippen LogP) is 0.747. The molecule has 0 aromatic carbocycles. The Morgan fingerprint density at radius 1 is 1.42 bits per heavy atom. The Kier molecular flexibility index (Phi) is 2.10. The van der Waals surface area contributed by atoms with Gasteiger partial charge in [-0.1, -0.05) is 0 Å². The molecule has 2 rings (SSSR count). The highest BCUT2D eigenvalue weighted by Crippen LogP contribution is 2.24. The van der Waals surface area contributed by atoms with Crippen LogP contribution in [0, 0.1) is 5.92 Å². The molecule has 2 atom stereocenters. The van der Waals surface area contributed by atoms with Crippen LogP contribution >= 0.6 is 0 Å². The van der Waals surface area contributed by atoms with Gasteiger partial charge in [0.25, 0.3) is 0 Å². The molecular weight excluding hydrogens is 154 g/mol. The molecule has 2 saturated heterocycles. The quantitative estimate of drug-likeness (QED) is 0.631. The summed E-state index contributed by atoms with van der Waals surface area (Å²) in [5, 5.41) is 3.47. The van der Waals surface area contributed by atoms with Crippen molar-refractivity contribution in [1.82, 2.24) is 5.32 Å². The topological polar surface area (TPSA) is 30.5 Å². The minimum Gasteiger partial charge on any atom is -0.381 e. The fraction of sp³-hybridized carbons (Fsp3) is 1.00. The molecule has 2 aliphatic rings. The van der Waals surface area contributed by atoms with E-state index in [4.69, 9.17) is 9.47 Å². The minimum atomic E-state index is 0.146. The largest absolute Gasteiger partial charge is 0.381 e. The fourth-order valence-electron chi connectivity index (χ4n) is 1.81. The highest BCUT2D eigenvalue weighted by molar-refractivity contribution is 4.88. The zero-order valence-corrected chi connectivity index (χ0v) is 7.80. The van der Waals surface area contributed by atoms with Crippen molar-refractivity contribution in [1.29, 1.82) is 0 Å². The van der Waals surface area contributed by atoms with Gasteiger partial charge < -0.3 is 9.47 Å². The van der Waals surface area contributed by atoms with Crippen molar-refractivity contribution in [3.05, 3.63) is 0 Å². The number of hydrogen-bond donors (Lipinski definition) is 1. The molecule has 2 unspecified atom stereocenters. The minimum absolute atomic E-state index is 0.146. The molecule has 0 bridgehead atoms. The number of nitrogens with one attached hydrogen (secondary N) is 1. The third kappa shape index (κ3) is 1.63. The summed E-state index contributed by atoms with van der Waals surface area (Å²) < 4.78 is 11.0. The van der Waals surface area contributed by atoms with Crippen LogP contribution < -0.4 is 5.32 Å². The number of rotatable bonds is 1. The normalized spacial score (nSPS) is 40.5. The van der Waals surface area contributed by atoms with Crippen LogP contribution in [0.25, 0.3) is 0 Å². The zero-order chi connectivity index (χ0) is 8.60. The molecule has 0 spiro atoms. The van der Waals surface area contributed by atoms with Gasteiger partial charge in [-0.15, -0.1) is 0 Å². The third-order valence-electron chi connectivity index (χ3n) is 2.55. The molecule has 2 heterocycles. The number of hydrogen-bond acceptors (Lipinski definition) is 3. The van der Waals surface area contributed by atoms with Gasteiger partial charge >= 0.3 is 0 Å². The van der Waals surface area contributed by atoms with E-state index in [0.717, 1.165) is 26.2 Å². The first kappa shape index (κ1) is 8.48. The van der Waals surface area contributed by atoms with E-state index >= 15 is 0 Å². The van der Waals surface area contributed by atoms with E-state index in [9.17, 15) is 0 Å². The maximum Gasteiger partial charge on any atom is 0.113 e. The van der Waals surface area contributed by atoms with E-state index in [-0.39, 0.29) is 11.8 Å². The van der Waals surface area contributed by atoms with Crippen molar-refractivity contribution in [2.45, 2.75) is 32.0 Å². The lowest BCUT2D eigenvalue weighted by molar-refractivity contribution is 0.0448. The van der Waals surface area contributed by atoms with Gasteiger partial charge in [-0.25, -0.2) is 0 Å². The fourth-order valence-corrected chi connectivity index (χ4v) is 1.81. The van der Waals surface area contributed by atoms with Crippen LogP contribution in [0.3, 0.4) is 0 Å². The molecule has 3 heteroatoms. The molecule has 0 amide bonds. The molecule has 2 fully saturated rings. The molecule has 0 radical (unpaired) electrons. The Morgan fingerprint density at radius 3 is 2.75 bits per heavy atom. The summed E-state index contributed by atoms with van der Waals surface area (Å²) >= 11 is 0. The summed E-state index contributed by atoms with van der Waals surface area (Å²) in [5.74, 6) is 0.562. The average Bonchev–Trinajstić information content (AvgIpc) is 2.55. The summed E-state index contributed by atoms with van der Waals surface area (Å²) in [5.41, 5.74) is 0.146. The van der Waals surface area contributed by atoms with E-state index in [1.54, 1.807) is 0 Å². The van der Waals surface area contributed by atoms with Gasteiger partial charge in [0, 0.05) is 18.1 Å². The van der Waals surface area contributed by atoms with Gasteiger partial charge in [-0.3, -0.25) is 5.32 Å². The second-order valence-corrected chi connectivity index (χ2v) is 4.38. The first-order valence-electron chi connectivity index (χ1n) is 4.64. The van der Waals surface area contributed by atoms with Gasteiger partial charge in [-0.05, 0) is 20.3 Å². The summed E-state index contributed by atoms with van der Waals surface area (Å²) in [7, 11) is 0. The van der Waals surface area contributed by atoms with Crippen molar-refractivity contribution < 1.29 is 9.47 Å². The lowest BCUT2D eigenvalue weighted by Gasteiger charge is -2.20. The van der Waals surface area contributed by atoms with Crippen molar-refractivity contribution in [2.75, 3.05) is 19.8 Å². The van der Waals surface area contributed by atoms with E-state index < -0.39 is 0 Å². The lowest BCUT2D eigenvalue weighted by atomic mass is 10.1. The second kappa shape index (κ2) is 2.98. The maximum absolute atomic E-state index is 5.66. The Hall–Kier alpha value is -0.120. The van der Waals surface area contributed by atoms with E-state index in [1.165, 1.54) is 0 Å². The molecule has 1 N–H and O–H groups in total. The van der Waals surface area contributed by atoms with Crippen LogP contribution in [0.1, 0.15) is 20.3 Å². The standard InChI is InChI=1S/C9H17NO2/c1-9(2)6-12-8(10-9)7-3-4-11-5-7/h7-8,10H,3-6H2,1-2H3. The van der Waals surface area contributed by atoms with Gasteiger partial charge in [-0.2, -0.15) is 0 Å². The Labute approximate surface area is 73.4 Å². The lowest BCUT2D eigenvalue weighted by Crippen LogP contribution is -2.42. The molecule has 0 aliphatic carbocycles. The highest BCUT2D eigenvalue weighted by atomic mass is 16.5. The average molecular weight is 171 g/mol. The van der Waals surface area contributed by atoms with Gasteiger partial charge in [0.2, 0.25) is 0 Å². The summed E-state index contributed by atoms with van der Waals surface area (Å²) in [6.07, 6.45) is 1.36. The molecule has 2 aliphatic heterocycles. The SMILES string of the molecule is CC1(C)COC(C2CCOC2)N1. The Balaban J connectivity index is 1.90. The first-order valence-corrected chi connectivity index (χ1v) is 4.64. The van der Waals surface area contributed by atoms with Gasteiger partial charge in [0.1, 0.15) is 6.23 Å². The second-order valence-electron chi connectivity index (χ2n) is 4.38. The molecule has 0 aromatic heterocycles. The Morgan fingerprint density at radius 2 is 2.25 bits per heavy atom. The highest BCUT2D eigenvalue weighted by Gasteiger charge is 2.36. The van der Waals surface area contributed by atoms with E-state index in [1.807, 2.05) is 0 Å². The molecular formula is C9H17NO2. The molecule has 0 aromatic rings. The Bertz CT molecular complexity index is 164. The molecule has 70 valence electrons. The molecule has 12 heavy (non-hydrogen) atoms. The van der Waals surface area contributed by atoms with Crippen LogP contribution in [-0.2, 0) is 9.47 Å². The molecule has 0 saturated carbocycles. The number of ether oxygens (including phenoxy) is 2. The van der Waals surface area contributed by atoms with Crippen molar-refractivity contribution in [3.8, 4) is 0 Å². The monoisotopic (exact) mass is 171 g/mol. The third-order valence-corrected chi connectivity index (χ3v) is 2.55. The summed E-state index contributed by atoms with van der Waals surface area (Å²) in [6.45, 7) is 6.90. The van der Waals surface area contributed by atoms with Crippen LogP contribution in [0.15, 0.2) is 0 Å². The van der Waals surface area contributed by atoms with Crippen molar-refractivity contribution >= 4 is 0 Å². The zero-order valence-electron chi connectivity index (χ0n) is 7.80. The summed E-state index contributed by atoms with van der Waals surface area (Å²) in [6, 6.07) is 0. The van der Waals surface area contributed by atoms with Gasteiger partial charge in [0.05, 0.1) is 13.2 Å². The molecule has 3 nitrogen and oxygen atoms in total. The van der Waals surface area contributed by atoms with Crippen molar-refractivity contribution in [3.63, 3.8) is 0 Å². The van der Waals surface area contributed by atoms with Crippen molar-refractivity contribution in [2.24, 2.45) is 5.92 Å². The predicted molar refractivity (Wildman–Crippen MR) is 45.9 cm³/mol. The van der Waals surface area contributed by atoms with Crippen LogP contribution in [0.2, 0.25) is 0 Å². The van der Waals surface area contributed by atoms with E-state index in [2.05, 4.69) is 19.2 Å². The van der Waals surface area contributed by atoms with Crippen LogP contribution in [0.5, 0.6) is 0 Å². The van der Waals surface area contributed by atoms with E-state index in [0.29, 0.717) is 5.92 Å². The maximum atomic E-state index is 5.66. The smallest absolute Gasteiger partial charge is 0.113 e. The van der Waals surface area contributed by atoms with Crippen LogP contribution in [-0.4, -0.2) is 31.6 Å². The first-order chi connectivity index (χ1) is 5.67. The summed E-state index contributed by atoms with van der Waals surface area (Å²) in [4.78, 5) is 0. The van der Waals surface area contributed by atoms with Gasteiger partial charge in [0.15, 0.2) is 0 Å².